The van der Waals surface area contributed by atoms with Crippen LogP contribution in [0.1, 0.15) is 66.7 Å². The molecule has 0 radical (unpaired) electrons. The number of hydrogen-bond donors (Lipinski definition) is 0. The number of hydrogen-bond acceptors (Lipinski definition) is 6. The van der Waals surface area contributed by atoms with E-state index in [0.29, 0.717) is 23.3 Å². The van der Waals surface area contributed by atoms with E-state index in [1.807, 2.05) is 34.5 Å². The molecule has 0 saturated carbocycles. The molecule has 35 heavy (non-hydrogen) atoms. The highest BCUT2D eigenvalue weighted by Gasteiger charge is 2.29. The lowest BCUT2D eigenvalue weighted by molar-refractivity contribution is 0.396. The minimum atomic E-state index is 0.184. The van der Waals surface area contributed by atoms with Crippen molar-refractivity contribution in [3.05, 3.63) is 65.0 Å². The van der Waals surface area contributed by atoms with Gasteiger partial charge in [0.05, 0.1) is 26.2 Å². The SMILES string of the molecule is COc1cc(C)c(C2CCCn3nc(-c4ccc(-n5cnc(C)c5)c(OC)n4)nc32)cc1C(C)C. The average Bonchev–Trinajstić information content (AvgIpc) is 3.49. The molecule has 4 heterocycles. The Hall–Kier alpha value is -3.68. The van der Waals surface area contributed by atoms with Crippen molar-refractivity contribution >= 4 is 0 Å². The van der Waals surface area contributed by atoms with Crippen LogP contribution in [0.4, 0.5) is 0 Å². The lowest BCUT2D eigenvalue weighted by Gasteiger charge is -2.25. The third kappa shape index (κ3) is 4.17. The van der Waals surface area contributed by atoms with E-state index in [1.54, 1.807) is 20.5 Å². The molecule has 0 fully saturated rings. The van der Waals surface area contributed by atoms with Crippen LogP contribution in [0.15, 0.2) is 36.8 Å². The van der Waals surface area contributed by atoms with Crippen LogP contribution >= 0.6 is 0 Å². The third-order valence-corrected chi connectivity index (χ3v) is 6.74. The van der Waals surface area contributed by atoms with E-state index >= 15 is 0 Å². The summed E-state index contributed by atoms with van der Waals surface area (Å²) in [6.45, 7) is 9.36. The molecular formula is C27H32N6O2. The average molecular weight is 473 g/mol. The monoisotopic (exact) mass is 472 g/mol. The lowest BCUT2D eigenvalue weighted by Crippen LogP contribution is -2.19. The quantitative estimate of drug-likeness (QED) is 0.383. The number of benzene rings is 1. The maximum Gasteiger partial charge on any atom is 0.238 e. The zero-order valence-electron chi connectivity index (χ0n) is 21.2. The Kier molecular flexibility index (Phi) is 6.05. The first-order chi connectivity index (χ1) is 16.9. The van der Waals surface area contributed by atoms with Crippen molar-refractivity contribution in [2.24, 2.45) is 0 Å². The van der Waals surface area contributed by atoms with E-state index in [2.05, 4.69) is 37.9 Å². The Morgan fingerprint density at radius 2 is 1.89 bits per heavy atom. The standard InChI is InChI=1S/C27H32N6O2/c1-16(2)20-13-21(17(3)12-24(20)34-5)19-8-7-11-33-26(19)30-25(31-33)22-9-10-23(27(29-22)35-6)32-14-18(4)28-15-32/h9-10,12-16,19H,7-8,11H2,1-6H3. The van der Waals surface area contributed by atoms with Gasteiger partial charge < -0.3 is 14.0 Å². The molecule has 8 heteroatoms. The number of methoxy groups -OCH3 is 2. The molecule has 0 N–H and O–H groups in total. The molecule has 1 aromatic carbocycles. The molecule has 182 valence electrons. The van der Waals surface area contributed by atoms with Gasteiger partial charge in [-0.2, -0.15) is 0 Å². The molecule has 1 atom stereocenters. The fraction of sp³-hybridized carbons (Fsp3) is 0.407. The second-order valence-corrected chi connectivity index (χ2v) is 9.46. The van der Waals surface area contributed by atoms with Crippen molar-refractivity contribution in [3.63, 3.8) is 0 Å². The second-order valence-electron chi connectivity index (χ2n) is 9.46. The first-order valence-corrected chi connectivity index (χ1v) is 12.1. The fourth-order valence-corrected chi connectivity index (χ4v) is 4.93. The van der Waals surface area contributed by atoms with Gasteiger partial charge >= 0.3 is 0 Å². The molecule has 0 bridgehead atoms. The molecule has 1 aliphatic heterocycles. The van der Waals surface area contributed by atoms with Gasteiger partial charge in [0.25, 0.3) is 0 Å². The van der Waals surface area contributed by atoms with Crippen molar-refractivity contribution < 1.29 is 9.47 Å². The Morgan fingerprint density at radius 3 is 2.57 bits per heavy atom. The van der Waals surface area contributed by atoms with Gasteiger partial charge in [0.2, 0.25) is 5.88 Å². The number of pyridine rings is 1. The molecule has 5 rings (SSSR count). The molecule has 1 aliphatic rings. The van der Waals surface area contributed by atoms with Gasteiger partial charge in [0.15, 0.2) is 5.82 Å². The maximum absolute atomic E-state index is 5.67. The minimum absolute atomic E-state index is 0.184. The molecule has 0 spiro atoms. The summed E-state index contributed by atoms with van der Waals surface area (Å²) < 4.78 is 15.2. The van der Waals surface area contributed by atoms with E-state index < -0.39 is 0 Å². The molecule has 0 amide bonds. The van der Waals surface area contributed by atoms with Crippen LogP contribution in [-0.2, 0) is 6.54 Å². The molecule has 4 aromatic rings. The summed E-state index contributed by atoms with van der Waals surface area (Å²) in [5.41, 5.74) is 6.19. The Bertz CT molecular complexity index is 1370. The number of fused-ring (bicyclic) bond motifs is 1. The van der Waals surface area contributed by atoms with Crippen LogP contribution in [0, 0.1) is 13.8 Å². The highest BCUT2D eigenvalue weighted by molar-refractivity contribution is 5.56. The van der Waals surface area contributed by atoms with Gasteiger partial charge in [0, 0.05) is 18.7 Å². The lowest BCUT2D eigenvalue weighted by atomic mass is 9.85. The number of rotatable bonds is 6. The predicted molar refractivity (Wildman–Crippen MR) is 135 cm³/mol. The van der Waals surface area contributed by atoms with Gasteiger partial charge in [-0.1, -0.05) is 19.9 Å². The molecule has 8 nitrogen and oxygen atoms in total. The van der Waals surface area contributed by atoms with Crippen LogP contribution < -0.4 is 9.47 Å². The number of ether oxygens (including phenoxy) is 2. The van der Waals surface area contributed by atoms with Crippen molar-refractivity contribution in [2.75, 3.05) is 14.2 Å². The van der Waals surface area contributed by atoms with Crippen LogP contribution in [-0.4, -0.2) is 43.5 Å². The van der Waals surface area contributed by atoms with Crippen LogP contribution in [0.2, 0.25) is 0 Å². The smallest absolute Gasteiger partial charge is 0.238 e. The summed E-state index contributed by atoms with van der Waals surface area (Å²) in [5, 5.41) is 4.84. The Labute approximate surface area is 206 Å². The van der Waals surface area contributed by atoms with E-state index in [1.165, 1.54) is 16.7 Å². The van der Waals surface area contributed by atoms with Crippen LogP contribution in [0.3, 0.4) is 0 Å². The first kappa shape index (κ1) is 23.1. The number of nitrogens with zero attached hydrogens (tertiary/aromatic N) is 6. The van der Waals surface area contributed by atoms with E-state index in [4.69, 9.17) is 24.5 Å². The molecule has 0 aliphatic carbocycles. The van der Waals surface area contributed by atoms with E-state index in [0.717, 1.165) is 42.3 Å². The van der Waals surface area contributed by atoms with Crippen molar-refractivity contribution in [1.29, 1.82) is 0 Å². The summed E-state index contributed by atoms with van der Waals surface area (Å²) in [7, 11) is 3.37. The van der Waals surface area contributed by atoms with E-state index in [-0.39, 0.29) is 5.92 Å². The predicted octanol–water partition coefficient (Wildman–Crippen LogP) is 5.21. The molecular weight excluding hydrogens is 440 g/mol. The minimum Gasteiger partial charge on any atom is -0.496 e. The molecule has 3 aromatic heterocycles. The van der Waals surface area contributed by atoms with E-state index in [9.17, 15) is 0 Å². The van der Waals surface area contributed by atoms with Gasteiger partial charge in [-0.25, -0.2) is 19.6 Å². The highest BCUT2D eigenvalue weighted by atomic mass is 16.5. The molecule has 0 saturated heterocycles. The van der Waals surface area contributed by atoms with Crippen molar-refractivity contribution in [2.45, 2.75) is 58.9 Å². The van der Waals surface area contributed by atoms with Crippen LogP contribution in [0.5, 0.6) is 11.6 Å². The topological polar surface area (TPSA) is 79.9 Å². The zero-order valence-corrected chi connectivity index (χ0v) is 21.2. The zero-order chi connectivity index (χ0) is 24.7. The summed E-state index contributed by atoms with van der Waals surface area (Å²) in [4.78, 5) is 14.1. The largest absolute Gasteiger partial charge is 0.496 e. The second kappa shape index (κ2) is 9.17. The fourth-order valence-electron chi connectivity index (χ4n) is 4.93. The Balaban J connectivity index is 1.54. The number of imidazole rings is 1. The normalized spacial score (nSPS) is 15.3. The Morgan fingerprint density at radius 1 is 1.06 bits per heavy atom. The maximum atomic E-state index is 5.67. The first-order valence-electron chi connectivity index (χ1n) is 12.1. The van der Waals surface area contributed by atoms with Crippen molar-refractivity contribution in [1.82, 2.24) is 29.3 Å². The summed E-state index contributed by atoms with van der Waals surface area (Å²) in [6.07, 6.45) is 5.80. The summed E-state index contributed by atoms with van der Waals surface area (Å²) in [5.74, 6) is 3.62. The number of aryl methyl sites for hydroxylation is 3. The summed E-state index contributed by atoms with van der Waals surface area (Å²) in [6, 6.07) is 8.38. The van der Waals surface area contributed by atoms with Crippen LogP contribution in [0.25, 0.3) is 17.2 Å². The van der Waals surface area contributed by atoms with Gasteiger partial charge in [0.1, 0.15) is 23.0 Å². The number of aromatic nitrogens is 6. The third-order valence-electron chi connectivity index (χ3n) is 6.74. The van der Waals surface area contributed by atoms with Crippen molar-refractivity contribution in [3.8, 4) is 28.8 Å². The van der Waals surface area contributed by atoms with Gasteiger partial charge in [-0.15, -0.1) is 5.10 Å². The van der Waals surface area contributed by atoms with Gasteiger partial charge in [-0.05, 0) is 67.5 Å². The highest BCUT2D eigenvalue weighted by Crippen LogP contribution is 2.39. The summed E-state index contributed by atoms with van der Waals surface area (Å²) >= 11 is 0. The van der Waals surface area contributed by atoms with Gasteiger partial charge in [-0.3, -0.25) is 0 Å². The molecule has 1 unspecified atom stereocenters.